The first-order chi connectivity index (χ1) is 16.5. The van der Waals surface area contributed by atoms with Gasteiger partial charge in [0.25, 0.3) is 0 Å². The Kier molecular flexibility index (Phi) is 7.00. The summed E-state index contributed by atoms with van der Waals surface area (Å²) in [6.07, 6.45) is 4.69. The summed E-state index contributed by atoms with van der Waals surface area (Å²) in [4.78, 5) is 0. The molecule has 0 N–H and O–H groups in total. The molecular weight excluding hydrogens is 431 g/mol. The molecule has 0 saturated heterocycles. The van der Waals surface area contributed by atoms with Crippen LogP contribution in [-0.4, -0.2) is 0 Å². The molecule has 0 bridgehead atoms. The van der Waals surface area contributed by atoms with Crippen molar-refractivity contribution in [3.05, 3.63) is 106 Å². The summed E-state index contributed by atoms with van der Waals surface area (Å²) >= 11 is 0. The monoisotopic (exact) mass is 453 g/mol. The van der Waals surface area contributed by atoms with Crippen LogP contribution in [0.5, 0.6) is 0 Å². The van der Waals surface area contributed by atoms with Crippen LogP contribution in [0.15, 0.2) is 66.7 Å². The normalized spacial score (nSPS) is 10.6. The summed E-state index contributed by atoms with van der Waals surface area (Å²) in [5.41, 5.74) is 2.37. The number of unbranched alkanes of at least 4 members (excludes halogenated alkanes) is 2. The number of aryl methyl sites for hydroxylation is 1. The first-order valence-electron chi connectivity index (χ1n) is 11.2. The predicted octanol–water partition coefficient (Wildman–Crippen LogP) is 7.93. The maximum absolute atomic E-state index is 15.2. The van der Waals surface area contributed by atoms with Crippen molar-refractivity contribution in [1.29, 1.82) is 5.26 Å². The van der Waals surface area contributed by atoms with Gasteiger partial charge in [-0.2, -0.15) is 5.26 Å². The van der Waals surface area contributed by atoms with Crippen molar-refractivity contribution < 1.29 is 13.2 Å². The van der Waals surface area contributed by atoms with E-state index >= 15 is 4.39 Å². The van der Waals surface area contributed by atoms with Gasteiger partial charge in [-0.05, 0) is 65.8 Å². The molecule has 0 atom stereocenters. The number of halogens is 3. The average Bonchev–Trinajstić information content (AvgIpc) is 2.83. The summed E-state index contributed by atoms with van der Waals surface area (Å²) in [6, 6.07) is 19.9. The van der Waals surface area contributed by atoms with Gasteiger partial charge in [0.05, 0.1) is 0 Å². The fourth-order valence-corrected chi connectivity index (χ4v) is 3.91. The lowest BCUT2D eigenvalue weighted by Gasteiger charge is -2.09. The molecule has 4 aromatic carbocycles. The number of benzene rings is 4. The van der Waals surface area contributed by atoms with Gasteiger partial charge < -0.3 is 0 Å². The molecule has 0 spiro atoms. The molecule has 0 heterocycles. The molecule has 0 saturated carbocycles. The van der Waals surface area contributed by atoms with Gasteiger partial charge in [-0.1, -0.05) is 61.9 Å². The summed E-state index contributed by atoms with van der Waals surface area (Å²) < 4.78 is 43.2. The molecule has 168 valence electrons. The fraction of sp³-hybridized carbons (Fsp3) is 0.167. The van der Waals surface area contributed by atoms with Crippen molar-refractivity contribution in [1.82, 2.24) is 0 Å². The van der Waals surface area contributed by atoms with Gasteiger partial charge in [-0.25, -0.2) is 13.2 Å². The van der Waals surface area contributed by atoms with E-state index in [1.54, 1.807) is 24.3 Å². The van der Waals surface area contributed by atoms with Crippen LogP contribution in [0.3, 0.4) is 0 Å². The second-order valence-electron chi connectivity index (χ2n) is 8.19. The molecule has 1 nitrogen and oxygen atoms in total. The zero-order chi connectivity index (χ0) is 24.1. The van der Waals surface area contributed by atoms with Crippen molar-refractivity contribution in [3.8, 4) is 29.0 Å². The number of rotatable bonds is 5. The van der Waals surface area contributed by atoms with Gasteiger partial charge in [0.15, 0.2) is 0 Å². The van der Waals surface area contributed by atoms with E-state index in [2.05, 4.69) is 30.9 Å². The number of hydrogen-bond acceptors (Lipinski definition) is 1. The highest BCUT2D eigenvalue weighted by molar-refractivity contribution is 5.89. The van der Waals surface area contributed by atoms with Crippen LogP contribution in [0.25, 0.3) is 21.9 Å². The van der Waals surface area contributed by atoms with Gasteiger partial charge in [-0.3, -0.25) is 0 Å². The Bertz CT molecular complexity index is 1430. The van der Waals surface area contributed by atoms with E-state index in [9.17, 15) is 8.78 Å². The first kappa shape index (κ1) is 23.1. The highest BCUT2D eigenvalue weighted by Gasteiger charge is 2.15. The molecule has 0 fully saturated rings. The van der Waals surface area contributed by atoms with E-state index in [0.717, 1.165) is 29.7 Å². The molecule has 0 aliphatic heterocycles. The lowest BCUT2D eigenvalue weighted by atomic mass is 9.98. The highest BCUT2D eigenvalue weighted by atomic mass is 19.1. The second kappa shape index (κ2) is 10.3. The predicted molar refractivity (Wildman–Crippen MR) is 130 cm³/mol. The SMILES string of the molecule is CCCCCc1ccc(C#Cc2ccc3c(F)c(-c4cc(F)c(C#N)c(F)c4)ccc3c2)cc1. The number of fused-ring (bicyclic) bond motifs is 1. The largest absolute Gasteiger partial charge is 0.206 e. The Balaban J connectivity index is 1.59. The topological polar surface area (TPSA) is 23.8 Å². The van der Waals surface area contributed by atoms with Crippen molar-refractivity contribution in [3.63, 3.8) is 0 Å². The Morgan fingerprint density at radius 2 is 1.44 bits per heavy atom. The fourth-order valence-electron chi connectivity index (χ4n) is 3.91. The Hall–Kier alpha value is -4.02. The lowest BCUT2D eigenvalue weighted by molar-refractivity contribution is 0.577. The molecule has 4 heteroatoms. The minimum Gasteiger partial charge on any atom is -0.206 e. The van der Waals surface area contributed by atoms with Crippen LogP contribution < -0.4 is 0 Å². The van der Waals surface area contributed by atoms with E-state index in [0.29, 0.717) is 10.8 Å². The molecule has 0 unspecified atom stereocenters. The van der Waals surface area contributed by atoms with Gasteiger partial charge in [0.2, 0.25) is 0 Å². The summed E-state index contributed by atoms with van der Waals surface area (Å²) in [5, 5.41) is 9.79. The third-order valence-electron chi connectivity index (χ3n) is 5.79. The van der Waals surface area contributed by atoms with E-state index in [-0.39, 0.29) is 11.1 Å². The molecule has 0 amide bonds. The molecule has 4 rings (SSSR count). The smallest absolute Gasteiger partial charge is 0.144 e. The second-order valence-corrected chi connectivity index (χ2v) is 8.19. The lowest BCUT2D eigenvalue weighted by Crippen LogP contribution is -1.94. The first-order valence-corrected chi connectivity index (χ1v) is 11.2. The molecule has 0 aromatic heterocycles. The van der Waals surface area contributed by atoms with E-state index < -0.39 is 23.0 Å². The quantitative estimate of drug-likeness (QED) is 0.222. The van der Waals surface area contributed by atoms with Gasteiger partial charge in [0.1, 0.15) is 29.1 Å². The zero-order valence-corrected chi connectivity index (χ0v) is 18.8. The van der Waals surface area contributed by atoms with Crippen molar-refractivity contribution in [2.75, 3.05) is 0 Å². The van der Waals surface area contributed by atoms with Crippen LogP contribution in [-0.2, 0) is 6.42 Å². The van der Waals surface area contributed by atoms with Gasteiger partial charge in [0, 0.05) is 22.1 Å². The van der Waals surface area contributed by atoms with Crippen LogP contribution in [0.4, 0.5) is 13.2 Å². The summed E-state index contributed by atoms with van der Waals surface area (Å²) in [6.45, 7) is 2.19. The Labute approximate surface area is 197 Å². The maximum atomic E-state index is 15.2. The number of nitrogens with zero attached hydrogens (tertiary/aromatic N) is 1. The number of hydrogen-bond donors (Lipinski definition) is 0. The third kappa shape index (κ3) is 4.98. The van der Waals surface area contributed by atoms with Gasteiger partial charge >= 0.3 is 0 Å². The van der Waals surface area contributed by atoms with E-state index in [1.807, 2.05) is 12.1 Å². The van der Waals surface area contributed by atoms with Crippen molar-refractivity contribution in [2.24, 2.45) is 0 Å². The van der Waals surface area contributed by atoms with Crippen molar-refractivity contribution in [2.45, 2.75) is 32.6 Å². The van der Waals surface area contributed by atoms with Crippen LogP contribution in [0, 0.1) is 40.6 Å². The minimum absolute atomic E-state index is 0.0374. The third-order valence-corrected chi connectivity index (χ3v) is 5.79. The average molecular weight is 454 g/mol. The highest BCUT2D eigenvalue weighted by Crippen LogP contribution is 2.31. The van der Waals surface area contributed by atoms with Gasteiger partial charge in [-0.15, -0.1) is 0 Å². The Morgan fingerprint density at radius 1 is 0.765 bits per heavy atom. The maximum Gasteiger partial charge on any atom is 0.144 e. The molecule has 34 heavy (non-hydrogen) atoms. The molecule has 0 aliphatic rings. The molecular formula is C30H22F3N. The summed E-state index contributed by atoms with van der Waals surface area (Å²) in [7, 11) is 0. The zero-order valence-electron chi connectivity index (χ0n) is 18.8. The standard InChI is InChI=1S/C30H22F3N/c1-2-3-4-5-20-6-8-21(9-7-20)10-11-22-12-14-25-23(16-22)13-15-26(30(25)33)24-17-28(31)27(19-34)29(32)18-24/h6-9,12-18H,2-5H2,1H3. The number of nitriles is 1. The Morgan fingerprint density at radius 3 is 2.12 bits per heavy atom. The van der Waals surface area contributed by atoms with Crippen molar-refractivity contribution >= 4 is 10.8 Å². The minimum atomic E-state index is -1.02. The van der Waals surface area contributed by atoms with Crippen LogP contribution in [0.2, 0.25) is 0 Å². The van der Waals surface area contributed by atoms with E-state index in [1.165, 1.54) is 37.0 Å². The van der Waals surface area contributed by atoms with Crippen LogP contribution in [0.1, 0.15) is 48.4 Å². The summed E-state index contributed by atoms with van der Waals surface area (Å²) in [5.74, 6) is 3.64. The molecule has 0 radical (unpaired) electrons. The molecule has 0 aliphatic carbocycles. The molecule has 4 aromatic rings. The van der Waals surface area contributed by atoms with E-state index in [4.69, 9.17) is 5.26 Å². The van der Waals surface area contributed by atoms with Crippen LogP contribution >= 0.6 is 0 Å².